The van der Waals surface area contributed by atoms with E-state index in [1.807, 2.05) is 0 Å². The molecule has 2 aromatic rings. The first-order valence-electron chi connectivity index (χ1n) is 4.83. The van der Waals surface area contributed by atoms with E-state index < -0.39 is 26.1 Å². The Morgan fingerprint density at radius 3 is 2.50 bits per heavy atom. The van der Waals surface area contributed by atoms with Crippen LogP contribution in [-0.4, -0.2) is 24.5 Å². The minimum Gasteiger partial charge on any atom is -0.476 e. The minimum atomic E-state index is -5.02. The number of rotatable bonds is 3. The molecular weight excluding hydrogens is 352 g/mol. The SMILES string of the molecule is O=C(O)c1csc(-c2c(Cl)ccc(S(=O)(=O)F)c2Cl)n1. The number of hydrogen-bond donors (Lipinski definition) is 1. The van der Waals surface area contributed by atoms with Gasteiger partial charge in [0.1, 0.15) is 9.90 Å². The molecule has 0 bridgehead atoms. The molecule has 2 rings (SSSR count). The second-order valence-corrected chi connectivity index (χ2v) is 6.47. The average molecular weight is 356 g/mol. The Balaban J connectivity index is 2.70. The number of halogens is 3. The first kappa shape index (κ1) is 15.2. The zero-order chi connectivity index (χ0) is 15.1. The Kier molecular flexibility index (Phi) is 4.01. The minimum absolute atomic E-state index is 0.0236. The van der Waals surface area contributed by atoms with Gasteiger partial charge >= 0.3 is 16.2 Å². The van der Waals surface area contributed by atoms with E-state index in [2.05, 4.69) is 4.98 Å². The number of carboxylic acids is 1. The third-order valence-electron chi connectivity index (χ3n) is 2.26. The van der Waals surface area contributed by atoms with E-state index in [0.29, 0.717) is 0 Å². The molecule has 5 nitrogen and oxygen atoms in total. The van der Waals surface area contributed by atoms with Crippen LogP contribution in [0, 0.1) is 0 Å². The van der Waals surface area contributed by atoms with Gasteiger partial charge in [-0.2, -0.15) is 8.42 Å². The summed E-state index contributed by atoms with van der Waals surface area (Å²) in [5, 5.41) is 9.71. The molecule has 1 N–H and O–H groups in total. The molecule has 0 atom stereocenters. The van der Waals surface area contributed by atoms with Crippen LogP contribution in [0.5, 0.6) is 0 Å². The van der Waals surface area contributed by atoms with Gasteiger partial charge in [0, 0.05) is 10.9 Å². The van der Waals surface area contributed by atoms with Crippen LogP contribution >= 0.6 is 34.5 Å². The van der Waals surface area contributed by atoms with Crippen molar-refractivity contribution in [1.29, 1.82) is 0 Å². The molecule has 106 valence electrons. The van der Waals surface area contributed by atoms with Gasteiger partial charge in [-0.15, -0.1) is 15.2 Å². The summed E-state index contributed by atoms with van der Waals surface area (Å²) in [5.41, 5.74) is -0.268. The Morgan fingerprint density at radius 1 is 1.35 bits per heavy atom. The fourth-order valence-electron chi connectivity index (χ4n) is 1.40. The molecule has 0 spiro atoms. The molecule has 20 heavy (non-hydrogen) atoms. The highest BCUT2D eigenvalue weighted by atomic mass is 35.5. The van der Waals surface area contributed by atoms with Crippen molar-refractivity contribution in [3.63, 3.8) is 0 Å². The summed E-state index contributed by atoms with van der Waals surface area (Å²) >= 11 is 12.6. The predicted molar refractivity (Wildman–Crippen MR) is 72.8 cm³/mol. The molecule has 0 radical (unpaired) electrons. The third kappa shape index (κ3) is 2.78. The lowest BCUT2D eigenvalue weighted by molar-refractivity contribution is 0.0691. The van der Waals surface area contributed by atoms with Gasteiger partial charge in [-0.3, -0.25) is 0 Å². The van der Waals surface area contributed by atoms with Crippen LogP contribution in [0.2, 0.25) is 10.0 Å². The van der Waals surface area contributed by atoms with Gasteiger partial charge in [0.05, 0.1) is 10.0 Å². The summed E-state index contributed by atoms with van der Waals surface area (Å²) in [6, 6.07) is 2.08. The first-order valence-corrected chi connectivity index (χ1v) is 7.85. The Labute approximate surface area is 126 Å². The second-order valence-electron chi connectivity index (χ2n) is 3.52. The molecule has 0 saturated carbocycles. The largest absolute Gasteiger partial charge is 0.476 e. The predicted octanol–water partition coefficient (Wildman–Crippen LogP) is 3.47. The normalized spacial score (nSPS) is 11.6. The summed E-state index contributed by atoms with van der Waals surface area (Å²) in [6.07, 6.45) is 0. The highest BCUT2D eigenvalue weighted by molar-refractivity contribution is 7.86. The van der Waals surface area contributed by atoms with Crippen LogP contribution in [0.1, 0.15) is 10.5 Å². The van der Waals surface area contributed by atoms with Crippen molar-refractivity contribution in [3.05, 3.63) is 33.3 Å². The second kappa shape index (κ2) is 5.28. The number of aromatic nitrogens is 1. The van der Waals surface area contributed by atoms with E-state index in [0.717, 1.165) is 23.5 Å². The van der Waals surface area contributed by atoms with Crippen molar-refractivity contribution < 1.29 is 22.2 Å². The van der Waals surface area contributed by atoms with Crippen molar-refractivity contribution in [2.75, 3.05) is 0 Å². The topological polar surface area (TPSA) is 84.3 Å². The van der Waals surface area contributed by atoms with Gasteiger partial charge in [-0.1, -0.05) is 23.2 Å². The molecule has 1 heterocycles. The van der Waals surface area contributed by atoms with Gasteiger partial charge in [0.15, 0.2) is 5.69 Å². The molecule has 0 aliphatic heterocycles. The van der Waals surface area contributed by atoms with E-state index in [-0.39, 0.29) is 21.3 Å². The van der Waals surface area contributed by atoms with Crippen LogP contribution < -0.4 is 0 Å². The summed E-state index contributed by atoms with van der Waals surface area (Å²) in [5.74, 6) is -1.26. The summed E-state index contributed by atoms with van der Waals surface area (Å²) in [4.78, 5) is 13.8. The molecule has 0 saturated heterocycles. The lowest BCUT2D eigenvalue weighted by Gasteiger charge is -2.06. The Hall–Kier alpha value is -1.22. The molecule has 1 aromatic heterocycles. The van der Waals surface area contributed by atoms with Crippen LogP contribution in [0.15, 0.2) is 22.4 Å². The van der Waals surface area contributed by atoms with Gasteiger partial charge in [-0.25, -0.2) is 9.78 Å². The first-order chi connectivity index (χ1) is 9.21. The highest BCUT2D eigenvalue weighted by Gasteiger charge is 2.23. The fraction of sp³-hybridized carbons (Fsp3) is 0. The van der Waals surface area contributed by atoms with Gasteiger partial charge < -0.3 is 5.11 Å². The summed E-state index contributed by atoms with van der Waals surface area (Å²) in [7, 11) is -5.02. The van der Waals surface area contributed by atoms with Gasteiger partial charge in [-0.05, 0) is 12.1 Å². The zero-order valence-corrected chi connectivity index (χ0v) is 12.4. The maximum Gasteiger partial charge on any atom is 0.355 e. The number of aromatic carboxylic acids is 1. The smallest absolute Gasteiger partial charge is 0.355 e. The number of benzene rings is 1. The van der Waals surface area contributed by atoms with Crippen molar-refractivity contribution in [1.82, 2.24) is 4.98 Å². The summed E-state index contributed by atoms with van der Waals surface area (Å²) < 4.78 is 35.0. The molecule has 0 aliphatic carbocycles. The Morgan fingerprint density at radius 2 is 2.00 bits per heavy atom. The van der Waals surface area contributed by atoms with Gasteiger partial charge in [0.2, 0.25) is 0 Å². The average Bonchev–Trinajstić information content (AvgIpc) is 2.76. The highest BCUT2D eigenvalue weighted by Crippen LogP contribution is 2.40. The van der Waals surface area contributed by atoms with Crippen LogP contribution in [0.3, 0.4) is 0 Å². The molecular formula is C10H4Cl2FNO4S2. The standard InChI is InChI=1S/C10H4Cl2FNO4S2/c11-4-1-2-6(20(13,17)18)8(12)7(4)9-14-5(3-19-9)10(15)16/h1-3H,(H,15,16). The van der Waals surface area contributed by atoms with Crippen molar-refractivity contribution in [3.8, 4) is 10.6 Å². The van der Waals surface area contributed by atoms with Crippen molar-refractivity contribution >= 4 is 50.7 Å². The Bertz CT molecular complexity index is 804. The number of carboxylic acid groups (broad SMARTS) is 1. The molecule has 0 unspecified atom stereocenters. The van der Waals surface area contributed by atoms with E-state index in [1.54, 1.807) is 0 Å². The monoisotopic (exact) mass is 355 g/mol. The molecule has 10 heteroatoms. The van der Waals surface area contributed by atoms with Crippen LogP contribution in [0.25, 0.3) is 10.6 Å². The van der Waals surface area contributed by atoms with Crippen LogP contribution in [0.4, 0.5) is 3.89 Å². The third-order valence-corrected chi connectivity index (χ3v) is 4.80. The quantitative estimate of drug-likeness (QED) is 0.852. The molecule has 0 aliphatic rings. The molecule has 0 fully saturated rings. The lowest BCUT2D eigenvalue weighted by atomic mass is 10.2. The van der Waals surface area contributed by atoms with Crippen molar-refractivity contribution in [2.45, 2.75) is 4.90 Å². The summed E-state index contributed by atoms with van der Waals surface area (Å²) in [6.45, 7) is 0. The maximum absolute atomic E-state index is 13.1. The number of hydrogen-bond acceptors (Lipinski definition) is 5. The zero-order valence-electron chi connectivity index (χ0n) is 9.30. The van der Waals surface area contributed by atoms with E-state index in [4.69, 9.17) is 28.3 Å². The van der Waals surface area contributed by atoms with Crippen molar-refractivity contribution in [2.24, 2.45) is 0 Å². The van der Waals surface area contributed by atoms with Gasteiger partial charge in [0.25, 0.3) is 0 Å². The van der Waals surface area contributed by atoms with Crippen LogP contribution in [-0.2, 0) is 10.2 Å². The number of carbonyl (C=O) groups is 1. The fourth-order valence-corrected chi connectivity index (χ4v) is 3.75. The molecule has 1 aromatic carbocycles. The van der Waals surface area contributed by atoms with E-state index in [9.17, 15) is 17.1 Å². The molecule has 0 amide bonds. The lowest BCUT2D eigenvalue weighted by Crippen LogP contribution is -1.97. The number of nitrogens with zero attached hydrogens (tertiary/aromatic N) is 1. The number of thiazole rings is 1. The maximum atomic E-state index is 13.1. The van der Waals surface area contributed by atoms with E-state index >= 15 is 0 Å². The van der Waals surface area contributed by atoms with E-state index in [1.165, 1.54) is 5.38 Å².